The van der Waals surface area contributed by atoms with Gasteiger partial charge in [0.1, 0.15) is 17.5 Å². The number of aromatic amines is 1. The molecule has 2 atom stereocenters. The molecule has 2 fully saturated rings. The SMILES string of the molecule is Cc1[nH]nc(C[I-]c2ccc(Oc3cccc(OCC(=O)N[C@](C=O)(CO)CCC(C)(C)C)c3)nc2)c1-c1ccc(NC(=O)[C@@H](NC(=O)c2ccnn2C)C(C2CC2)C2CC2)cc1. The minimum atomic E-state index is -1.36. The Balaban J connectivity index is 0.923. The van der Waals surface area contributed by atoms with E-state index in [0.717, 1.165) is 56.2 Å². The van der Waals surface area contributed by atoms with E-state index < -0.39 is 45.3 Å². The molecule has 334 valence electrons. The molecule has 2 saturated carbocycles. The summed E-state index contributed by atoms with van der Waals surface area (Å²) in [5, 5.41) is 30.7. The number of carbonyl (C=O) groups excluding carboxylic acids is 4. The van der Waals surface area contributed by atoms with Gasteiger partial charge in [-0.2, -0.15) is 5.10 Å². The quantitative estimate of drug-likeness (QED) is 0.0413. The Morgan fingerprint density at radius 3 is 2.35 bits per heavy atom. The molecule has 3 heterocycles. The number of nitrogens with one attached hydrogen (secondary N) is 4. The van der Waals surface area contributed by atoms with Gasteiger partial charge in [-0.15, -0.1) is 0 Å². The van der Waals surface area contributed by atoms with Crippen LogP contribution in [0.1, 0.15) is 81.2 Å². The first-order valence-electron chi connectivity index (χ1n) is 21.3. The summed E-state index contributed by atoms with van der Waals surface area (Å²) in [7, 11) is 1.72. The maximum absolute atomic E-state index is 13.9. The molecule has 0 unspecified atom stereocenters. The van der Waals surface area contributed by atoms with Crippen LogP contribution in [0, 0.1) is 33.7 Å². The van der Waals surface area contributed by atoms with Crippen LogP contribution >= 0.6 is 0 Å². The van der Waals surface area contributed by atoms with Crippen LogP contribution in [0.3, 0.4) is 0 Å². The zero-order valence-corrected chi connectivity index (χ0v) is 38.5. The van der Waals surface area contributed by atoms with E-state index >= 15 is 0 Å². The van der Waals surface area contributed by atoms with Crippen molar-refractivity contribution in [2.24, 2.45) is 30.2 Å². The first-order chi connectivity index (χ1) is 30.2. The standard InChI is InChI=1S/C47H56IN8O7/c1-29-41(30-13-16-34(17-14-30)51-45(61)43(42(31-9-10-31)32-11-12-32)52-44(60)38-19-22-50-56(38)5)37(55-54-29)24-48-33-15-18-40(49-25-33)63-36-8-6-7-35(23-36)62-26-39(59)53-47(27-57,28-58)21-20-46(2,3)4/h6-8,13-19,22-23,25,27,31-32,42-43,58H,9-12,20-21,24,26,28H2,1-5H3,(H,51,61)(H,52,60)(H,53,59)(H,54,55)/q-1/t43-,47+/m0/s1. The van der Waals surface area contributed by atoms with Crippen molar-refractivity contribution < 1.29 is 55.0 Å². The molecule has 0 aliphatic heterocycles. The van der Waals surface area contributed by atoms with Gasteiger partial charge in [-0.25, -0.2) is 0 Å². The predicted molar refractivity (Wildman–Crippen MR) is 232 cm³/mol. The number of aliphatic hydroxyl groups excluding tert-OH is 1. The zero-order chi connectivity index (χ0) is 44.7. The van der Waals surface area contributed by atoms with Crippen molar-refractivity contribution in [1.29, 1.82) is 0 Å². The summed E-state index contributed by atoms with van der Waals surface area (Å²) in [5.41, 5.74) is 3.55. The molecule has 3 amide bonds. The Hall–Kier alpha value is -5.62. The number of ether oxygens (including phenoxy) is 2. The summed E-state index contributed by atoms with van der Waals surface area (Å²) < 4.78 is 15.1. The number of anilines is 1. The number of carbonyl (C=O) groups is 4. The summed E-state index contributed by atoms with van der Waals surface area (Å²) in [6.45, 7) is 7.25. The molecule has 0 spiro atoms. The summed E-state index contributed by atoms with van der Waals surface area (Å²) in [5.74, 6) is 1.26. The Kier molecular flexibility index (Phi) is 14.3. The second-order valence-corrected chi connectivity index (χ2v) is 20.5. The number of aldehydes is 1. The number of rotatable bonds is 21. The molecular formula is C47H56IN8O7-. The fourth-order valence-electron chi connectivity index (χ4n) is 7.70. The number of alkyl halides is 1. The molecule has 7 rings (SSSR count). The molecule has 5 N–H and O–H groups in total. The second-order valence-electron chi connectivity index (χ2n) is 17.8. The van der Waals surface area contributed by atoms with E-state index in [9.17, 15) is 24.3 Å². The van der Waals surface area contributed by atoms with Crippen LogP contribution in [-0.2, 0) is 25.9 Å². The van der Waals surface area contributed by atoms with E-state index in [2.05, 4.69) is 36.2 Å². The van der Waals surface area contributed by atoms with Gasteiger partial charge in [0.2, 0.25) is 0 Å². The third-order valence-corrected chi connectivity index (χ3v) is 14.1. The third kappa shape index (κ3) is 12.1. The third-order valence-electron chi connectivity index (χ3n) is 11.5. The first-order valence-corrected chi connectivity index (χ1v) is 23.9. The predicted octanol–water partition coefficient (Wildman–Crippen LogP) is 3.19. The molecule has 2 aromatic carbocycles. The van der Waals surface area contributed by atoms with Gasteiger partial charge >= 0.3 is 247 Å². The maximum atomic E-state index is 13.9. The fraction of sp³-hybridized carbons (Fsp3) is 0.426. The van der Waals surface area contributed by atoms with Gasteiger partial charge in [0.15, 0.2) is 0 Å². The summed E-state index contributed by atoms with van der Waals surface area (Å²) in [6, 6.07) is 19.5. The van der Waals surface area contributed by atoms with E-state index in [1.165, 1.54) is 4.68 Å². The monoisotopic (exact) mass is 971 g/mol. The number of hydrogen-bond donors (Lipinski definition) is 5. The van der Waals surface area contributed by atoms with E-state index in [1.807, 2.05) is 70.3 Å². The van der Waals surface area contributed by atoms with Crippen LogP contribution in [0.25, 0.3) is 11.1 Å². The molecule has 0 radical (unpaired) electrons. The van der Waals surface area contributed by atoms with Gasteiger partial charge in [0.25, 0.3) is 0 Å². The van der Waals surface area contributed by atoms with Crippen molar-refractivity contribution in [3.63, 3.8) is 0 Å². The number of aryl methyl sites for hydroxylation is 2. The molecule has 0 saturated heterocycles. The number of hydrogen-bond acceptors (Lipinski definition) is 10. The number of amides is 3. The number of H-pyrrole nitrogens is 1. The van der Waals surface area contributed by atoms with Crippen molar-refractivity contribution in [2.45, 2.75) is 82.2 Å². The molecule has 63 heavy (non-hydrogen) atoms. The molecule has 3 aromatic heterocycles. The Labute approximate surface area is 377 Å². The Bertz CT molecular complexity index is 2370. The number of halogens is 1. The average molecular weight is 972 g/mol. The number of aliphatic hydroxyl groups is 1. The van der Waals surface area contributed by atoms with Crippen molar-refractivity contribution in [3.05, 3.63) is 99.8 Å². The average Bonchev–Trinajstić information content (AvgIpc) is 4.21. The number of benzene rings is 2. The number of aromatic nitrogens is 5. The van der Waals surface area contributed by atoms with Crippen LogP contribution in [-0.4, -0.2) is 78.9 Å². The molecule has 2 aliphatic rings. The van der Waals surface area contributed by atoms with Crippen LogP contribution in [0.2, 0.25) is 0 Å². The zero-order valence-electron chi connectivity index (χ0n) is 36.3. The first kappa shape index (κ1) is 45.4. The van der Waals surface area contributed by atoms with Gasteiger partial charge < -0.3 is 9.90 Å². The van der Waals surface area contributed by atoms with Crippen molar-refractivity contribution in [1.82, 2.24) is 35.6 Å². The van der Waals surface area contributed by atoms with E-state index in [-0.39, 0.29) is 29.8 Å². The van der Waals surface area contributed by atoms with E-state index in [4.69, 9.17) is 9.47 Å². The van der Waals surface area contributed by atoms with E-state index in [1.54, 1.807) is 43.6 Å². The fourth-order valence-corrected chi connectivity index (χ4v) is 9.82. The van der Waals surface area contributed by atoms with Gasteiger partial charge in [-0.1, -0.05) is 20.8 Å². The second kappa shape index (κ2) is 19.8. The summed E-state index contributed by atoms with van der Waals surface area (Å²) in [6.07, 6.45) is 9.27. The van der Waals surface area contributed by atoms with Crippen molar-refractivity contribution in [2.75, 3.05) is 18.5 Å². The summed E-state index contributed by atoms with van der Waals surface area (Å²) in [4.78, 5) is 56.3. The minimum absolute atomic E-state index is 0.0731. The van der Waals surface area contributed by atoms with Crippen molar-refractivity contribution in [3.8, 4) is 28.5 Å². The molecule has 2 aliphatic carbocycles. The number of nitrogens with zero attached hydrogens (tertiary/aromatic N) is 4. The molecular weight excluding hydrogens is 915 g/mol. The Morgan fingerprint density at radius 1 is 1.00 bits per heavy atom. The molecule has 0 bridgehead atoms. The molecule has 15 nitrogen and oxygen atoms in total. The van der Waals surface area contributed by atoms with Gasteiger partial charge in [0, 0.05) is 13.2 Å². The normalized spacial score (nSPS) is 15.3. The number of pyridine rings is 1. The molecule has 5 aromatic rings. The topological polar surface area (TPSA) is 202 Å². The van der Waals surface area contributed by atoms with Crippen LogP contribution in [0.15, 0.2) is 79.1 Å². The van der Waals surface area contributed by atoms with Crippen LogP contribution in [0.5, 0.6) is 17.4 Å². The van der Waals surface area contributed by atoms with Gasteiger partial charge in [-0.05, 0) is 50.0 Å². The van der Waals surface area contributed by atoms with Crippen LogP contribution < -0.4 is 46.6 Å². The van der Waals surface area contributed by atoms with Gasteiger partial charge in [-0.3, -0.25) is 9.48 Å². The van der Waals surface area contributed by atoms with Crippen LogP contribution in [0.4, 0.5) is 5.69 Å². The summed E-state index contributed by atoms with van der Waals surface area (Å²) >= 11 is -0.510. The Morgan fingerprint density at radius 2 is 1.73 bits per heavy atom. The van der Waals surface area contributed by atoms with E-state index in [0.29, 0.717) is 59.7 Å². The molecule has 16 heteroatoms. The van der Waals surface area contributed by atoms with Gasteiger partial charge in [0.05, 0.1) is 6.61 Å². The van der Waals surface area contributed by atoms with Crippen molar-refractivity contribution >= 4 is 29.7 Å².